The first-order chi connectivity index (χ1) is 40.1. The molecule has 9 aliphatic rings. The van der Waals surface area contributed by atoms with Crippen LogP contribution in [0.4, 0.5) is 0 Å². The van der Waals surface area contributed by atoms with Gasteiger partial charge in [-0.3, -0.25) is 9.35 Å². The Balaban J connectivity index is 1.00. The molecule has 0 aromatic rings. The van der Waals surface area contributed by atoms with Gasteiger partial charge < -0.3 is 114 Å². The molecule has 0 spiro atoms. The Bertz CT molecular complexity index is 2460. The molecular weight excluding hydrogens is 1160 g/mol. The van der Waals surface area contributed by atoms with Gasteiger partial charge in [-0.2, -0.15) is 8.42 Å². The number of ketones is 1. The first-order valence-electron chi connectivity index (χ1n) is 30.3. The highest BCUT2D eigenvalue weighted by atomic mass is 32.3. The molecule has 28 nitrogen and oxygen atoms in total. The molecule has 496 valence electrons. The summed E-state index contributed by atoms with van der Waals surface area (Å²) in [4.78, 5) is 13.2. The summed E-state index contributed by atoms with van der Waals surface area (Å²) in [6.45, 7) is 14.5. The lowest BCUT2D eigenvalue weighted by Gasteiger charge is -2.60. The maximum Gasteiger partial charge on any atom is 0.397 e. The van der Waals surface area contributed by atoms with Gasteiger partial charge >= 0.3 is 10.4 Å². The van der Waals surface area contributed by atoms with Crippen LogP contribution in [0.5, 0.6) is 0 Å². The fraction of sp³-hybridized carbons (Fsp3) is 0.947. The van der Waals surface area contributed by atoms with Crippen LogP contribution in [-0.2, 0) is 66.7 Å². The topological polar surface area (TPSA) is 436 Å². The van der Waals surface area contributed by atoms with Crippen molar-refractivity contribution in [2.45, 2.75) is 291 Å². The molecule has 0 aromatic heterocycles. The van der Waals surface area contributed by atoms with E-state index in [4.69, 9.17) is 51.6 Å². The maximum atomic E-state index is 13.2. The van der Waals surface area contributed by atoms with Crippen molar-refractivity contribution in [3.8, 4) is 0 Å². The van der Waals surface area contributed by atoms with E-state index in [9.17, 15) is 84.1 Å². The van der Waals surface area contributed by atoms with E-state index in [2.05, 4.69) is 19.9 Å². The van der Waals surface area contributed by atoms with Gasteiger partial charge in [-0.1, -0.05) is 39.3 Å². The summed E-state index contributed by atoms with van der Waals surface area (Å²) in [7, 11) is -4.91. The standard InChI is InChI=1S/C57H94O28S/c1-21(2)16-26(59)19-57(9,71)34-11-10-29-28-18-32(31-17-27(85-86(72,73)74)12-14-55(31,7)30(28)13-15-56(29,34)8)79-52-45(70)47(38(63)33(20-58)80-52)82-54-49(84-51-43(68)40(65)36(61)23(4)76-51)44(69)46(25(6)78-54)81-53-48(41(66)37(62)24(5)77-53)83-50-42(67)39(64)35(60)22(3)75-50/h13,21-25,27-29,31-54,58,60-71H,10-12,14-20H2,1-9H3,(H,72,73,74)/t22-,23-,24-,25-,27+,28+,29+,31-,32+,33-,34+,35+,36-,37-,38-,39+,40+,41+,42-,43-,44+,45-,46-,47+,48-,49-,50?,51?,52?,53?,54?,55-,56+,57-/m1/s1. The third-order valence-electron chi connectivity index (χ3n) is 20.6. The molecule has 5 unspecified atom stereocenters. The Morgan fingerprint density at radius 3 is 1.69 bits per heavy atom. The van der Waals surface area contributed by atoms with Gasteiger partial charge in [0, 0.05) is 12.8 Å². The lowest BCUT2D eigenvalue weighted by molar-refractivity contribution is -0.406. The summed E-state index contributed by atoms with van der Waals surface area (Å²) in [5.74, 6) is -0.964. The molecule has 0 amide bonds. The summed E-state index contributed by atoms with van der Waals surface area (Å²) < 4.78 is 101. The SMILES string of the molecule is CC(C)CC(=O)C[C@@](C)(O)[C@H]1CC[C@H]2[C@@H]3C[C@H](OC4O[C@H](CO)[C@@H](O)[C@H](OC5O[C@H](C)[C@@H](OC6O[C@H](C)[C@@H](O)[C@H](O)[C@H]6OC6O[C@H](C)[C@H](O)[C@H](O)[C@H]6O)[C@H](O)[C@H]5OC5O[C@H](C)[C@@H](O)[C@H](O)[C@H]5O)[C@H]4O)[C@H]4C[C@@H](OS(=O)(=O)O)CC[C@]4(C)C3=CC[C@@]21C. The maximum absolute atomic E-state index is 13.2. The minimum absolute atomic E-state index is 0.00365. The van der Waals surface area contributed by atoms with Gasteiger partial charge in [-0.15, -0.1) is 0 Å². The monoisotopic (exact) mass is 1260 g/mol. The molecule has 5 heterocycles. The Hall–Kier alpha value is -1.64. The first kappa shape index (κ1) is 68.7. The van der Waals surface area contributed by atoms with Crippen LogP contribution < -0.4 is 0 Å². The molecule has 9 rings (SSSR count). The van der Waals surface area contributed by atoms with Crippen molar-refractivity contribution in [1.82, 2.24) is 0 Å². The fourth-order valence-corrected chi connectivity index (χ4v) is 16.6. The van der Waals surface area contributed by atoms with Gasteiger partial charge in [0.1, 0.15) is 103 Å². The van der Waals surface area contributed by atoms with Gasteiger partial charge in [-0.05, 0) is 120 Å². The van der Waals surface area contributed by atoms with Crippen molar-refractivity contribution in [3.63, 3.8) is 0 Å². The smallest absolute Gasteiger partial charge is 0.394 e. The third-order valence-corrected chi connectivity index (χ3v) is 21.1. The van der Waals surface area contributed by atoms with Crippen LogP contribution in [0.15, 0.2) is 11.6 Å². The van der Waals surface area contributed by atoms with Crippen molar-refractivity contribution in [2.24, 2.45) is 40.4 Å². The molecule has 14 N–H and O–H groups in total. The van der Waals surface area contributed by atoms with E-state index in [1.807, 2.05) is 13.8 Å². The van der Waals surface area contributed by atoms with Crippen LogP contribution in [0.3, 0.4) is 0 Å². The van der Waals surface area contributed by atoms with E-state index in [-0.39, 0.29) is 55.1 Å². The molecule has 29 heteroatoms. The number of Topliss-reactive ketones (excluding diaryl/α,β-unsaturated/α-hetero) is 1. The number of fused-ring (bicyclic) bond motifs is 5. The predicted molar refractivity (Wildman–Crippen MR) is 290 cm³/mol. The van der Waals surface area contributed by atoms with Crippen LogP contribution in [0.2, 0.25) is 0 Å². The lowest BCUT2D eigenvalue weighted by Crippen LogP contribution is -2.68. The highest BCUT2D eigenvalue weighted by Gasteiger charge is 2.64. The van der Waals surface area contributed by atoms with Crippen molar-refractivity contribution in [1.29, 1.82) is 0 Å². The Kier molecular flexibility index (Phi) is 21.1. The van der Waals surface area contributed by atoms with Gasteiger partial charge in [0.15, 0.2) is 31.5 Å². The molecule has 34 atom stereocenters. The second-order valence-electron chi connectivity index (χ2n) is 27.1. The number of hydrogen-bond acceptors (Lipinski definition) is 27. The predicted octanol–water partition coefficient (Wildman–Crippen LogP) is -2.29. The van der Waals surface area contributed by atoms with E-state index in [1.165, 1.54) is 27.7 Å². The molecular formula is C57H94O28S. The van der Waals surface area contributed by atoms with Crippen LogP contribution in [0.1, 0.15) is 120 Å². The number of aliphatic hydroxyl groups is 13. The number of aliphatic hydroxyl groups excluding tert-OH is 12. The van der Waals surface area contributed by atoms with Crippen molar-refractivity contribution in [2.75, 3.05) is 6.61 Å². The molecule has 5 aliphatic heterocycles. The molecule has 86 heavy (non-hydrogen) atoms. The zero-order valence-electron chi connectivity index (χ0n) is 50.0. The summed E-state index contributed by atoms with van der Waals surface area (Å²) in [6.07, 6.45) is -38.9. The number of allylic oxidation sites excluding steroid dienone is 2. The first-order valence-corrected chi connectivity index (χ1v) is 31.7. The number of rotatable bonds is 18. The van der Waals surface area contributed by atoms with Crippen LogP contribution in [0, 0.1) is 40.4 Å². The Labute approximate surface area is 500 Å². The highest BCUT2D eigenvalue weighted by Crippen LogP contribution is 2.67. The van der Waals surface area contributed by atoms with Gasteiger partial charge in [0.05, 0.1) is 48.8 Å². The molecule has 4 aliphatic carbocycles. The van der Waals surface area contributed by atoms with Crippen molar-refractivity contribution in [3.05, 3.63) is 11.6 Å². The molecule has 5 saturated heterocycles. The van der Waals surface area contributed by atoms with Gasteiger partial charge in [0.2, 0.25) is 0 Å². The largest absolute Gasteiger partial charge is 0.397 e. The summed E-state index contributed by atoms with van der Waals surface area (Å²) in [5.41, 5.74) is -1.37. The molecule has 3 saturated carbocycles. The van der Waals surface area contributed by atoms with Crippen LogP contribution in [0.25, 0.3) is 0 Å². The summed E-state index contributed by atoms with van der Waals surface area (Å²) in [6, 6.07) is 0. The minimum Gasteiger partial charge on any atom is -0.394 e. The molecule has 0 radical (unpaired) electrons. The van der Waals surface area contributed by atoms with Crippen molar-refractivity contribution >= 4 is 16.2 Å². The average molecular weight is 1260 g/mol. The fourth-order valence-electron chi connectivity index (χ4n) is 16.1. The van der Waals surface area contributed by atoms with Crippen molar-refractivity contribution < 1.29 is 136 Å². The van der Waals surface area contributed by atoms with E-state index in [1.54, 1.807) is 6.92 Å². The van der Waals surface area contributed by atoms with E-state index in [0.717, 1.165) is 5.57 Å². The Morgan fingerprint density at radius 2 is 1.13 bits per heavy atom. The number of ether oxygens (including phenoxy) is 10. The highest BCUT2D eigenvalue weighted by molar-refractivity contribution is 7.80. The Morgan fingerprint density at radius 1 is 0.616 bits per heavy atom. The average Bonchev–Trinajstić information content (AvgIpc) is 1.31. The summed E-state index contributed by atoms with van der Waals surface area (Å²) in [5, 5.41) is 147. The quantitative estimate of drug-likeness (QED) is 0.0507. The van der Waals surface area contributed by atoms with Crippen LogP contribution in [-0.4, -0.2) is 263 Å². The van der Waals surface area contributed by atoms with Crippen LogP contribution >= 0.6 is 0 Å². The summed E-state index contributed by atoms with van der Waals surface area (Å²) >= 11 is 0. The number of carbonyl (C=O) groups is 1. The second-order valence-corrected chi connectivity index (χ2v) is 28.1. The number of carbonyl (C=O) groups excluding carboxylic acids is 1. The zero-order chi connectivity index (χ0) is 63.2. The molecule has 0 aromatic carbocycles. The second kappa shape index (κ2) is 26.4. The number of hydrogen-bond donors (Lipinski definition) is 14. The van der Waals surface area contributed by atoms with Gasteiger partial charge in [0.25, 0.3) is 0 Å². The molecule has 8 fully saturated rings. The van der Waals surface area contributed by atoms with E-state index < -0.39 is 205 Å². The van der Waals surface area contributed by atoms with E-state index in [0.29, 0.717) is 32.1 Å². The normalized spacial score (nSPS) is 51.7. The van der Waals surface area contributed by atoms with Gasteiger partial charge in [-0.25, -0.2) is 4.18 Å². The van der Waals surface area contributed by atoms with E-state index >= 15 is 0 Å². The lowest BCUT2D eigenvalue weighted by atomic mass is 9.47. The zero-order valence-corrected chi connectivity index (χ0v) is 50.8. The minimum atomic E-state index is -4.91. The third kappa shape index (κ3) is 13.4. The molecule has 0 bridgehead atoms.